The molecule has 1 amide bonds. The number of aromatic nitrogens is 2. The Morgan fingerprint density at radius 1 is 0.826 bits per heavy atom. The van der Waals surface area contributed by atoms with Gasteiger partial charge in [-0.3, -0.25) is 4.79 Å². The van der Waals surface area contributed by atoms with Crippen LogP contribution in [-0.2, 0) is 32.1 Å². The monoisotopic (exact) mass is 634 g/mol. The summed E-state index contributed by atoms with van der Waals surface area (Å²) >= 11 is 0. The predicted octanol–water partition coefficient (Wildman–Crippen LogP) is 2.78. The second kappa shape index (κ2) is 17.5. The molecule has 0 bridgehead atoms. The second-order valence-corrected chi connectivity index (χ2v) is 9.96. The SMILES string of the molecule is O=C(NCCN1CCC(=C2c3ccccc3CCn3ccnc32)CC1)c1ccoc1.O=C(O)/C=C\C(=O)O.O=C(O)C=CC(=O)O. The number of furan rings is 1. The number of aliphatic carboxylic acids is 4. The number of nitrogens with one attached hydrogen (secondary N) is 1. The molecule has 1 fully saturated rings. The van der Waals surface area contributed by atoms with E-state index in [2.05, 4.69) is 45.2 Å². The smallest absolute Gasteiger partial charge is 0.328 e. The molecule has 0 radical (unpaired) electrons. The van der Waals surface area contributed by atoms with Crippen LogP contribution in [0, 0.1) is 0 Å². The molecule has 14 nitrogen and oxygen atoms in total. The van der Waals surface area contributed by atoms with E-state index in [1.54, 1.807) is 6.07 Å². The van der Waals surface area contributed by atoms with Crippen LogP contribution >= 0.6 is 0 Å². The van der Waals surface area contributed by atoms with Crippen molar-refractivity contribution in [1.82, 2.24) is 19.8 Å². The lowest BCUT2D eigenvalue weighted by molar-refractivity contribution is -0.134. The van der Waals surface area contributed by atoms with Gasteiger partial charge in [0.25, 0.3) is 5.91 Å². The third-order valence-electron chi connectivity index (χ3n) is 6.89. The molecule has 242 valence electrons. The highest BCUT2D eigenvalue weighted by Crippen LogP contribution is 2.35. The average molecular weight is 635 g/mol. The number of carboxylic acid groups (broad SMARTS) is 4. The van der Waals surface area contributed by atoms with Crippen LogP contribution in [0.25, 0.3) is 5.57 Å². The van der Waals surface area contributed by atoms with Gasteiger partial charge >= 0.3 is 23.9 Å². The van der Waals surface area contributed by atoms with Crippen LogP contribution in [0.15, 0.2) is 89.5 Å². The van der Waals surface area contributed by atoms with Crippen LogP contribution in [0.4, 0.5) is 0 Å². The quantitative estimate of drug-likeness (QED) is 0.226. The lowest BCUT2D eigenvalue weighted by atomic mass is 9.90. The Morgan fingerprint density at radius 3 is 2.00 bits per heavy atom. The van der Waals surface area contributed by atoms with Gasteiger partial charge in [-0.15, -0.1) is 0 Å². The Kier molecular flexibility index (Phi) is 13.2. The first kappa shape index (κ1) is 34.7. The standard InChI is InChI=1S/C24H26N4O2.2C4H4O4/c29-24(20-8-16-30-17-20)26-9-14-27-11-5-19(6-12-27)22-21-4-2-1-3-18(21)7-13-28-15-10-25-23(22)28;2*5-3(6)1-2-4(7)8/h1-4,8,10,15-17H,5-7,9,11-14H2,(H,26,29);2*1-2H,(H,5,6)(H,7,8)/b;2-1-;. The molecule has 2 aliphatic rings. The Bertz CT molecular complexity index is 1540. The summed E-state index contributed by atoms with van der Waals surface area (Å²) in [5.74, 6) is -4.00. The fourth-order valence-electron chi connectivity index (χ4n) is 4.81. The second-order valence-electron chi connectivity index (χ2n) is 9.96. The van der Waals surface area contributed by atoms with E-state index in [0.717, 1.165) is 51.3 Å². The maximum atomic E-state index is 12.0. The summed E-state index contributed by atoms with van der Waals surface area (Å²) in [4.78, 5) is 57.4. The van der Waals surface area contributed by atoms with Crippen molar-refractivity contribution in [3.05, 3.63) is 108 Å². The molecule has 0 unspecified atom stereocenters. The number of hydrogen-bond donors (Lipinski definition) is 5. The number of hydrogen-bond acceptors (Lipinski definition) is 8. The molecule has 0 aliphatic carbocycles. The minimum absolute atomic E-state index is 0.0783. The van der Waals surface area contributed by atoms with E-state index in [0.29, 0.717) is 36.4 Å². The first-order valence-electron chi connectivity index (χ1n) is 14.2. The maximum Gasteiger partial charge on any atom is 0.328 e. The Morgan fingerprint density at radius 2 is 1.43 bits per heavy atom. The van der Waals surface area contributed by atoms with Gasteiger partial charge in [-0.25, -0.2) is 24.2 Å². The summed E-state index contributed by atoms with van der Waals surface area (Å²) in [5.41, 5.74) is 6.16. The molecule has 2 aromatic heterocycles. The first-order chi connectivity index (χ1) is 22.0. The Labute approximate surface area is 263 Å². The highest BCUT2D eigenvalue weighted by atomic mass is 16.4. The number of likely N-dealkylation sites (tertiary alicyclic amines) is 1. The first-order valence-corrected chi connectivity index (χ1v) is 14.2. The fraction of sp³-hybridized carbons (Fsp3) is 0.250. The predicted molar refractivity (Wildman–Crippen MR) is 164 cm³/mol. The molecule has 0 spiro atoms. The molecule has 2 aliphatic heterocycles. The van der Waals surface area contributed by atoms with Crippen molar-refractivity contribution < 1.29 is 48.8 Å². The van der Waals surface area contributed by atoms with Gasteiger partial charge in [0, 0.05) is 75.0 Å². The van der Waals surface area contributed by atoms with Crippen LogP contribution in [0.2, 0.25) is 0 Å². The van der Waals surface area contributed by atoms with Gasteiger partial charge in [-0.2, -0.15) is 0 Å². The van der Waals surface area contributed by atoms with Gasteiger partial charge in [0.1, 0.15) is 12.1 Å². The lowest BCUT2D eigenvalue weighted by Crippen LogP contribution is -2.38. The number of amides is 1. The van der Waals surface area contributed by atoms with Gasteiger partial charge < -0.3 is 39.6 Å². The maximum absolute atomic E-state index is 12.0. The van der Waals surface area contributed by atoms with Crippen molar-refractivity contribution in [2.75, 3.05) is 26.2 Å². The van der Waals surface area contributed by atoms with E-state index in [1.165, 1.54) is 34.8 Å². The summed E-state index contributed by atoms with van der Waals surface area (Å²) in [7, 11) is 0. The topological polar surface area (TPSA) is 212 Å². The normalized spacial score (nSPS) is 14.2. The Hall–Kier alpha value is -5.76. The molecule has 0 atom stereocenters. The third kappa shape index (κ3) is 11.1. The van der Waals surface area contributed by atoms with E-state index >= 15 is 0 Å². The molecular weight excluding hydrogens is 600 g/mol. The summed E-state index contributed by atoms with van der Waals surface area (Å²) in [6.07, 6.45) is 12.3. The van der Waals surface area contributed by atoms with E-state index < -0.39 is 23.9 Å². The van der Waals surface area contributed by atoms with Crippen LogP contribution in [0.1, 0.15) is 40.2 Å². The number of nitrogens with zero attached hydrogens (tertiary/aromatic N) is 3. The van der Waals surface area contributed by atoms with Gasteiger partial charge in [-0.05, 0) is 36.5 Å². The summed E-state index contributed by atoms with van der Waals surface area (Å²) in [5, 5.41) is 34.2. The lowest BCUT2D eigenvalue weighted by Gasteiger charge is -2.30. The molecule has 1 aromatic carbocycles. The van der Waals surface area contributed by atoms with Gasteiger partial charge in [0.15, 0.2) is 0 Å². The van der Waals surface area contributed by atoms with E-state index in [-0.39, 0.29) is 5.91 Å². The largest absolute Gasteiger partial charge is 0.478 e. The highest BCUT2D eigenvalue weighted by molar-refractivity contribution is 5.93. The van der Waals surface area contributed by atoms with Crippen molar-refractivity contribution in [3.63, 3.8) is 0 Å². The number of fused-ring (bicyclic) bond motifs is 2. The molecule has 5 rings (SSSR count). The van der Waals surface area contributed by atoms with Crippen LogP contribution in [-0.4, -0.2) is 90.8 Å². The molecule has 3 aromatic rings. The minimum Gasteiger partial charge on any atom is -0.478 e. The fourth-order valence-corrected chi connectivity index (χ4v) is 4.81. The zero-order chi connectivity index (χ0) is 33.5. The van der Waals surface area contributed by atoms with Crippen molar-refractivity contribution in [2.24, 2.45) is 0 Å². The molecule has 1 saturated heterocycles. The van der Waals surface area contributed by atoms with Gasteiger partial charge in [0.05, 0.1) is 11.8 Å². The van der Waals surface area contributed by atoms with E-state index in [1.807, 2.05) is 6.20 Å². The zero-order valence-electron chi connectivity index (χ0n) is 24.7. The summed E-state index contributed by atoms with van der Waals surface area (Å²) < 4.78 is 7.26. The van der Waals surface area contributed by atoms with Crippen LogP contribution < -0.4 is 5.32 Å². The van der Waals surface area contributed by atoms with Crippen molar-refractivity contribution in [2.45, 2.75) is 25.8 Å². The molecular formula is C32H34N4O10. The van der Waals surface area contributed by atoms with Crippen molar-refractivity contribution in [3.8, 4) is 0 Å². The molecule has 4 heterocycles. The number of carbonyl (C=O) groups excluding carboxylic acids is 1. The number of imidazole rings is 1. The van der Waals surface area contributed by atoms with Crippen LogP contribution in [0.5, 0.6) is 0 Å². The van der Waals surface area contributed by atoms with E-state index in [9.17, 15) is 24.0 Å². The van der Waals surface area contributed by atoms with E-state index in [4.69, 9.17) is 29.8 Å². The average Bonchev–Trinajstić information content (AvgIpc) is 3.71. The number of aryl methyl sites for hydroxylation is 2. The van der Waals surface area contributed by atoms with Gasteiger partial charge in [0.2, 0.25) is 0 Å². The van der Waals surface area contributed by atoms with Crippen molar-refractivity contribution in [1.29, 1.82) is 0 Å². The summed E-state index contributed by atoms with van der Waals surface area (Å²) in [6, 6.07) is 10.5. The molecule has 0 saturated carbocycles. The van der Waals surface area contributed by atoms with Crippen LogP contribution in [0.3, 0.4) is 0 Å². The van der Waals surface area contributed by atoms with Gasteiger partial charge in [-0.1, -0.05) is 29.8 Å². The molecule has 46 heavy (non-hydrogen) atoms. The summed E-state index contributed by atoms with van der Waals surface area (Å²) in [6.45, 7) is 4.48. The molecule has 5 N–H and O–H groups in total. The zero-order valence-corrected chi connectivity index (χ0v) is 24.7. The Balaban J connectivity index is 0.000000299. The number of benzene rings is 1. The third-order valence-corrected chi connectivity index (χ3v) is 6.89. The number of carbonyl (C=O) groups is 5. The number of carboxylic acids is 4. The number of rotatable bonds is 8. The minimum atomic E-state index is -1.26. The van der Waals surface area contributed by atoms with Crippen molar-refractivity contribution >= 4 is 35.4 Å². The highest BCUT2D eigenvalue weighted by Gasteiger charge is 2.24. The number of piperidine rings is 1. The molecule has 14 heteroatoms.